The molecule has 3 heteroatoms. The van der Waals surface area contributed by atoms with Gasteiger partial charge in [0.25, 0.3) is 0 Å². The van der Waals surface area contributed by atoms with E-state index in [1.807, 2.05) is 12.1 Å². The first-order chi connectivity index (χ1) is 11.7. The van der Waals surface area contributed by atoms with E-state index >= 15 is 0 Å². The van der Waals surface area contributed by atoms with Gasteiger partial charge in [-0.25, -0.2) is 0 Å². The minimum Gasteiger partial charge on any atom is -0.497 e. The quantitative estimate of drug-likeness (QED) is 0.833. The van der Waals surface area contributed by atoms with Crippen molar-refractivity contribution in [2.75, 3.05) is 26.7 Å². The van der Waals surface area contributed by atoms with E-state index in [0.717, 1.165) is 37.1 Å². The van der Waals surface area contributed by atoms with Crippen LogP contribution in [0.25, 0.3) is 0 Å². The van der Waals surface area contributed by atoms with Crippen LogP contribution in [-0.4, -0.2) is 36.8 Å². The molecule has 3 rings (SSSR count). The van der Waals surface area contributed by atoms with Gasteiger partial charge >= 0.3 is 0 Å². The zero-order valence-corrected chi connectivity index (χ0v) is 15.2. The Morgan fingerprint density at radius 3 is 2.33 bits per heavy atom. The molecule has 1 heterocycles. The van der Waals surface area contributed by atoms with Gasteiger partial charge in [0.15, 0.2) is 0 Å². The van der Waals surface area contributed by atoms with Gasteiger partial charge in [-0.3, -0.25) is 0 Å². The van der Waals surface area contributed by atoms with Crippen LogP contribution in [0.5, 0.6) is 5.75 Å². The van der Waals surface area contributed by atoms with Crippen LogP contribution in [0, 0.1) is 5.92 Å². The Bertz CT molecular complexity index is 493. The molecule has 0 spiro atoms. The normalized spacial score (nSPS) is 29.7. The highest BCUT2D eigenvalue weighted by atomic mass is 16.5. The van der Waals surface area contributed by atoms with Gasteiger partial charge in [0.2, 0.25) is 0 Å². The number of likely N-dealkylation sites (tertiary alicyclic amines) is 1. The highest BCUT2D eigenvalue weighted by Crippen LogP contribution is 2.41. The summed E-state index contributed by atoms with van der Waals surface area (Å²) in [5.74, 6) is 1.20. The molecule has 1 aliphatic carbocycles. The monoisotopic (exact) mass is 331 g/mol. The smallest absolute Gasteiger partial charge is 0.118 e. The molecule has 1 N–H and O–H groups in total. The van der Waals surface area contributed by atoms with Crippen molar-refractivity contribution in [3.05, 3.63) is 29.8 Å². The maximum absolute atomic E-state index is 11.7. The summed E-state index contributed by atoms with van der Waals surface area (Å²) in [5.41, 5.74) is 0.389. The van der Waals surface area contributed by atoms with Gasteiger partial charge in [0.1, 0.15) is 5.75 Å². The van der Waals surface area contributed by atoms with Gasteiger partial charge in [-0.1, -0.05) is 44.2 Å². The average molecular weight is 332 g/mol. The molecule has 1 aromatic carbocycles. The number of aliphatic hydroxyl groups is 1. The van der Waals surface area contributed by atoms with E-state index in [9.17, 15) is 5.11 Å². The second-order valence-corrected chi connectivity index (χ2v) is 7.66. The number of benzene rings is 1. The Kier molecular flexibility index (Phi) is 6.18. The Hall–Kier alpha value is -1.06. The van der Waals surface area contributed by atoms with E-state index in [1.165, 1.54) is 51.6 Å². The summed E-state index contributed by atoms with van der Waals surface area (Å²) in [6.45, 7) is 3.45. The highest BCUT2D eigenvalue weighted by molar-refractivity contribution is 5.31. The van der Waals surface area contributed by atoms with Crippen LogP contribution < -0.4 is 4.74 Å². The van der Waals surface area contributed by atoms with Crippen LogP contribution in [0.4, 0.5) is 0 Å². The molecular formula is C21H33NO2. The van der Waals surface area contributed by atoms with Crippen LogP contribution in [0.2, 0.25) is 0 Å². The fourth-order valence-corrected chi connectivity index (χ4v) is 4.54. The van der Waals surface area contributed by atoms with Crippen molar-refractivity contribution in [2.24, 2.45) is 5.92 Å². The first-order valence-electron chi connectivity index (χ1n) is 9.81. The standard InChI is InChI=1S/C21H33NO2/c1-24-20-12-10-18(11-13-20)21(23)14-6-4-5-9-19(21)17-22-15-7-2-3-8-16-22/h10-13,19,23H,2-9,14-17H2,1H3. The van der Waals surface area contributed by atoms with Gasteiger partial charge in [-0.15, -0.1) is 0 Å². The van der Waals surface area contributed by atoms with Crippen molar-refractivity contribution in [1.29, 1.82) is 0 Å². The van der Waals surface area contributed by atoms with Crippen molar-refractivity contribution in [3.63, 3.8) is 0 Å². The largest absolute Gasteiger partial charge is 0.497 e. The third-order valence-corrected chi connectivity index (χ3v) is 6.05. The molecule has 0 radical (unpaired) electrons. The summed E-state index contributed by atoms with van der Waals surface area (Å²) in [7, 11) is 1.69. The molecule has 0 bridgehead atoms. The molecule has 0 aromatic heterocycles. The third kappa shape index (κ3) is 4.12. The zero-order chi connectivity index (χ0) is 16.8. The van der Waals surface area contributed by atoms with E-state index in [1.54, 1.807) is 7.11 Å². The van der Waals surface area contributed by atoms with Crippen molar-refractivity contribution in [2.45, 2.75) is 63.4 Å². The number of methoxy groups -OCH3 is 1. The van der Waals surface area contributed by atoms with Gasteiger partial charge < -0.3 is 14.7 Å². The summed E-state index contributed by atoms with van der Waals surface area (Å²) in [4.78, 5) is 2.61. The summed E-state index contributed by atoms with van der Waals surface area (Å²) in [5, 5.41) is 11.7. The SMILES string of the molecule is COc1ccc(C2(O)CCCCCC2CN2CCCCCC2)cc1. The number of rotatable bonds is 4. The lowest BCUT2D eigenvalue weighted by molar-refractivity contribution is -0.0428. The molecule has 1 aromatic rings. The number of hydrogen-bond acceptors (Lipinski definition) is 3. The summed E-state index contributed by atoms with van der Waals surface area (Å²) >= 11 is 0. The van der Waals surface area contributed by atoms with E-state index in [2.05, 4.69) is 17.0 Å². The van der Waals surface area contributed by atoms with Crippen molar-refractivity contribution >= 4 is 0 Å². The Labute approximate surface area is 147 Å². The second kappa shape index (κ2) is 8.35. The molecule has 2 aliphatic rings. The maximum atomic E-state index is 11.7. The Morgan fingerprint density at radius 2 is 1.67 bits per heavy atom. The van der Waals surface area contributed by atoms with Crippen molar-refractivity contribution in [1.82, 2.24) is 4.90 Å². The molecule has 1 saturated carbocycles. The predicted molar refractivity (Wildman–Crippen MR) is 98.4 cm³/mol. The lowest BCUT2D eigenvalue weighted by Gasteiger charge is -2.38. The lowest BCUT2D eigenvalue weighted by Crippen LogP contribution is -2.42. The van der Waals surface area contributed by atoms with E-state index in [-0.39, 0.29) is 0 Å². The molecule has 3 nitrogen and oxygen atoms in total. The molecule has 2 unspecified atom stereocenters. The molecule has 1 aliphatic heterocycles. The maximum Gasteiger partial charge on any atom is 0.118 e. The van der Waals surface area contributed by atoms with Gasteiger partial charge in [0, 0.05) is 12.5 Å². The minimum absolute atomic E-state index is 0.339. The van der Waals surface area contributed by atoms with E-state index in [0.29, 0.717) is 5.92 Å². The van der Waals surface area contributed by atoms with Crippen LogP contribution in [-0.2, 0) is 5.60 Å². The predicted octanol–water partition coefficient (Wildman–Crippen LogP) is 4.34. The van der Waals surface area contributed by atoms with Crippen LogP contribution in [0.3, 0.4) is 0 Å². The van der Waals surface area contributed by atoms with Crippen molar-refractivity contribution < 1.29 is 9.84 Å². The second-order valence-electron chi connectivity index (χ2n) is 7.66. The molecule has 2 fully saturated rings. The van der Waals surface area contributed by atoms with E-state index < -0.39 is 5.60 Å². The van der Waals surface area contributed by atoms with Crippen LogP contribution in [0.1, 0.15) is 63.4 Å². The number of ether oxygens (including phenoxy) is 1. The highest BCUT2D eigenvalue weighted by Gasteiger charge is 2.39. The van der Waals surface area contributed by atoms with Crippen LogP contribution >= 0.6 is 0 Å². The average Bonchev–Trinajstić information content (AvgIpc) is 2.98. The molecule has 24 heavy (non-hydrogen) atoms. The van der Waals surface area contributed by atoms with Gasteiger partial charge in [-0.2, -0.15) is 0 Å². The first-order valence-corrected chi connectivity index (χ1v) is 9.81. The first kappa shape index (κ1) is 17.8. The summed E-state index contributed by atoms with van der Waals surface area (Å²) < 4.78 is 5.29. The van der Waals surface area contributed by atoms with Gasteiger partial charge in [-0.05, 0) is 56.5 Å². The number of nitrogens with zero attached hydrogens (tertiary/aromatic N) is 1. The van der Waals surface area contributed by atoms with Gasteiger partial charge in [0.05, 0.1) is 12.7 Å². The molecule has 0 amide bonds. The Balaban J connectivity index is 1.79. The minimum atomic E-state index is -0.685. The molecular weight excluding hydrogens is 298 g/mol. The lowest BCUT2D eigenvalue weighted by atomic mass is 9.77. The van der Waals surface area contributed by atoms with Crippen LogP contribution in [0.15, 0.2) is 24.3 Å². The number of hydrogen-bond donors (Lipinski definition) is 1. The molecule has 2 atom stereocenters. The van der Waals surface area contributed by atoms with Crippen molar-refractivity contribution in [3.8, 4) is 5.75 Å². The summed E-state index contributed by atoms with van der Waals surface area (Å²) in [6, 6.07) is 8.11. The zero-order valence-electron chi connectivity index (χ0n) is 15.2. The van der Waals surface area contributed by atoms with E-state index in [4.69, 9.17) is 4.74 Å². The molecule has 134 valence electrons. The fourth-order valence-electron chi connectivity index (χ4n) is 4.54. The molecule has 1 saturated heterocycles. The topological polar surface area (TPSA) is 32.7 Å². The third-order valence-electron chi connectivity index (χ3n) is 6.05. The Morgan fingerprint density at radius 1 is 1.00 bits per heavy atom. The summed E-state index contributed by atoms with van der Waals surface area (Å²) in [6.07, 6.45) is 11.0. The fraction of sp³-hybridized carbons (Fsp3) is 0.714.